The van der Waals surface area contributed by atoms with Crippen LogP contribution in [0.2, 0.25) is 0 Å². The van der Waals surface area contributed by atoms with Crippen molar-refractivity contribution in [2.24, 2.45) is 0 Å². The SMILES string of the molecule is Cc1ccc(/C=C/C(=O)N(CCO)CC(F)F)c(Br)c1. The van der Waals surface area contributed by atoms with Crippen LogP contribution in [0.1, 0.15) is 11.1 Å². The molecule has 1 amide bonds. The number of rotatable bonds is 6. The largest absolute Gasteiger partial charge is 0.395 e. The number of alkyl halides is 2. The molecule has 0 saturated heterocycles. The summed E-state index contributed by atoms with van der Waals surface area (Å²) in [4.78, 5) is 12.7. The van der Waals surface area contributed by atoms with Crippen LogP contribution in [0.25, 0.3) is 6.08 Å². The van der Waals surface area contributed by atoms with Crippen LogP contribution in [0, 0.1) is 6.92 Å². The zero-order valence-electron chi connectivity index (χ0n) is 11.0. The fourth-order valence-electron chi connectivity index (χ4n) is 1.61. The number of aryl methyl sites for hydroxylation is 1. The number of halogens is 3. The molecule has 1 aromatic carbocycles. The molecular formula is C14H16BrF2NO2. The molecule has 110 valence electrons. The van der Waals surface area contributed by atoms with Gasteiger partial charge in [0.2, 0.25) is 5.91 Å². The molecule has 1 rings (SSSR count). The summed E-state index contributed by atoms with van der Waals surface area (Å²) in [5.41, 5.74) is 1.85. The van der Waals surface area contributed by atoms with E-state index in [1.807, 2.05) is 25.1 Å². The zero-order chi connectivity index (χ0) is 15.1. The van der Waals surface area contributed by atoms with Crippen LogP contribution in [-0.2, 0) is 4.79 Å². The first-order valence-corrected chi connectivity index (χ1v) is 6.85. The molecule has 1 N–H and O–H groups in total. The fraction of sp³-hybridized carbons (Fsp3) is 0.357. The van der Waals surface area contributed by atoms with Crippen LogP contribution >= 0.6 is 15.9 Å². The summed E-state index contributed by atoms with van der Waals surface area (Å²) in [6.07, 6.45) is 0.167. The third-order valence-electron chi connectivity index (χ3n) is 2.60. The van der Waals surface area contributed by atoms with Crippen molar-refractivity contribution in [2.75, 3.05) is 19.7 Å². The Balaban J connectivity index is 2.78. The van der Waals surface area contributed by atoms with E-state index in [-0.39, 0.29) is 13.2 Å². The van der Waals surface area contributed by atoms with E-state index in [1.165, 1.54) is 6.08 Å². The Morgan fingerprint density at radius 3 is 2.75 bits per heavy atom. The van der Waals surface area contributed by atoms with Gasteiger partial charge in [0.1, 0.15) is 0 Å². The van der Waals surface area contributed by atoms with Gasteiger partial charge < -0.3 is 10.0 Å². The monoisotopic (exact) mass is 347 g/mol. The van der Waals surface area contributed by atoms with Crippen LogP contribution in [0.5, 0.6) is 0 Å². The van der Waals surface area contributed by atoms with Gasteiger partial charge in [0.15, 0.2) is 0 Å². The maximum Gasteiger partial charge on any atom is 0.255 e. The lowest BCUT2D eigenvalue weighted by Gasteiger charge is -2.19. The standard InChI is InChI=1S/C14H16BrF2NO2/c1-10-2-3-11(12(15)8-10)4-5-14(20)18(6-7-19)9-13(16)17/h2-5,8,13,19H,6-7,9H2,1H3/b5-4+. The molecule has 0 unspecified atom stereocenters. The Morgan fingerprint density at radius 2 is 2.20 bits per heavy atom. The second-order valence-corrected chi connectivity index (χ2v) is 5.11. The van der Waals surface area contributed by atoms with Gasteiger partial charge in [-0.25, -0.2) is 8.78 Å². The van der Waals surface area contributed by atoms with Gasteiger partial charge in [-0.3, -0.25) is 4.79 Å². The smallest absolute Gasteiger partial charge is 0.255 e. The van der Waals surface area contributed by atoms with E-state index in [9.17, 15) is 13.6 Å². The minimum Gasteiger partial charge on any atom is -0.395 e. The lowest BCUT2D eigenvalue weighted by Crippen LogP contribution is -2.36. The highest BCUT2D eigenvalue weighted by atomic mass is 79.9. The van der Waals surface area contributed by atoms with Crippen molar-refractivity contribution in [1.82, 2.24) is 4.90 Å². The molecule has 0 saturated carbocycles. The second-order valence-electron chi connectivity index (χ2n) is 4.26. The van der Waals surface area contributed by atoms with E-state index in [0.717, 1.165) is 20.5 Å². The first-order chi connectivity index (χ1) is 9.43. The Labute approximate surface area is 125 Å². The highest BCUT2D eigenvalue weighted by Gasteiger charge is 2.15. The van der Waals surface area contributed by atoms with E-state index in [2.05, 4.69) is 15.9 Å². The molecule has 0 bridgehead atoms. The Morgan fingerprint density at radius 1 is 1.50 bits per heavy atom. The van der Waals surface area contributed by atoms with Crippen LogP contribution in [0.3, 0.4) is 0 Å². The maximum absolute atomic E-state index is 12.3. The highest BCUT2D eigenvalue weighted by Crippen LogP contribution is 2.19. The van der Waals surface area contributed by atoms with E-state index >= 15 is 0 Å². The summed E-state index contributed by atoms with van der Waals surface area (Å²) >= 11 is 3.37. The predicted octanol–water partition coefficient (Wildman–Crippen LogP) is 2.86. The van der Waals surface area contributed by atoms with Crippen molar-refractivity contribution in [3.63, 3.8) is 0 Å². The maximum atomic E-state index is 12.3. The normalized spacial score (nSPS) is 11.3. The average Bonchev–Trinajstić information content (AvgIpc) is 2.36. The summed E-state index contributed by atoms with van der Waals surface area (Å²) in [5, 5.41) is 8.79. The van der Waals surface area contributed by atoms with Crippen LogP contribution in [-0.4, -0.2) is 42.0 Å². The molecule has 0 fully saturated rings. The van der Waals surface area contributed by atoms with Gasteiger partial charge in [-0.15, -0.1) is 0 Å². The Hall–Kier alpha value is -1.27. The Bertz CT molecular complexity index is 492. The number of amides is 1. The fourth-order valence-corrected chi connectivity index (χ4v) is 2.24. The summed E-state index contributed by atoms with van der Waals surface area (Å²) in [7, 11) is 0. The highest BCUT2D eigenvalue weighted by molar-refractivity contribution is 9.10. The van der Waals surface area contributed by atoms with Gasteiger partial charge in [0, 0.05) is 17.1 Å². The van der Waals surface area contributed by atoms with Gasteiger partial charge in [-0.1, -0.05) is 28.1 Å². The van der Waals surface area contributed by atoms with E-state index < -0.39 is 18.9 Å². The number of aliphatic hydroxyl groups is 1. The van der Waals surface area contributed by atoms with Crippen molar-refractivity contribution in [2.45, 2.75) is 13.3 Å². The number of nitrogens with zero attached hydrogens (tertiary/aromatic N) is 1. The molecule has 6 heteroatoms. The molecule has 0 aliphatic carbocycles. The van der Waals surface area contributed by atoms with E-state index in [4.69, 9.17) is 5.11 Å². The van der Waals surface area contributed by atoms with Crippen molar-refractivity contribution < 1.29 is 18.7 Å². The third-order valence-corrected chi connectivity index (χ3v) is 3.29. The van der Waals surface area contributed by atoms with E-state index in [1.54, 1.807) is 6.08 Å². The molecule has 20 heavy (non-hydrogen) atoms. The molecule has 0 aromatic heterocycles. The molecular weight excluding hydrogens is 332 g/mol. The quantitative estimate of drug-likeness (QED) is 0.804. The number of carbonyl (C=O) groups is 1. The van der Waals surface area contributed by atoms with Crippen molar-refractivity contribution in [3.8, 4) is 0 Å². The number of benzene rings is 1. The first-order valence-electron chi connectivity index (χ1n) is 6.06. The molecule has 3 nitrogen and oxygen atoms in total. The molecule has 0 atom stereocenters. The van der Waals surface area contributed by atoms with Gasteiger partial charge in [-0.2, -0.15) is 0 Å². The van der Waals surface area contributed by atoms with Gasteiger partial charge in [-0.05, 0) is 30.2 Å². The number of aliphatic hydroxyl groups excluding tert-OH is 1. The van der Waals surface area contributed by atoms with Gasteiger partial charge >= 0.3 is 0 Å². The summed E-state index contributed by atoms with van der Waals surface area (Å²) in [5.74, 6) is -0.549. The average molecular weight is 348 g/mol. The molecule has 0 spiro atoms. The Kier molecular flexibility index (Phi) is 6.81. The number of carbonyl (C=O) groups excluding carboxylic acids is 1. The zero-order valence-corrected chi connectivity index (χ0v) is 12.6. The minimum atomic E-state index is -2.62. The van der Waals surface area contributed by atoms with Crippen molar-refractivity contribution in [1.29, 1.82) is 0 Å². The van der Waals surface area contributed by atoms with Gasteiger partial charge in [0.25, 0.3) is 6.43 Å². The molecule has 0 heterocycles. The van der Waals surface area contributed by atoms with Crippen LogP contribution in [0.15, 0.2) is 28.7 Å². The van der Waals surface area contributed by atoms with E-state index in [0.29, 0.717) is 0 Å². The molecule has 1 aromatic rings. The molecule has 0 radical (unpaired) electrons. The summed E-state index contributed by atoms with van der Waals surface area (Å²) in [6.45, 7) is 0.803. The summed E-state index contributed by atoms with van der Waals surface area (Å²) in [6, 6.07) is 5.61. The van der Waals surface area contributed by atoms with Crippen molar-refractivity contribution in [3.05, 3.63) is 39.9 Å². The lowest BCUT2D eigenvalue weighted by atomic mass is 10.1. The van der Waals surface area contributed by atoms with Crippen LogP contribution < -0.4 is 0 Å². The van der Waals surface area contributed by atoms with Crippen LogP contribution in [0.4, 0.5) is 8.78 Å². The second kappa shape index (κ2) is 8.11. The van der Waals surface area contributed by atoms with Crippen molar-refractivity contribution >= 4 is 27.9 Å². The molecule has 0 aliphatic rings. The minimum absolute atomic E-state index is 0.109. The number of hydrogen-bond donors (Lipinski definition) is 1. The number of hydrogen-bond acceptors (Lipinski definition) is 2. The topological polar surface area (TPSA) is 40.5 Å². The lowest BCUT2D eigenvalue weighted by molar-refractivity contribution is -0.128. The summed E-state index contributed by atoms with van der Waals surface area (Å²) < 4.78 is 25.5. The third kappa shape index (κ3) is 5.38. The molecule has 0 aliphatic heterocycles. The first kappa shape index (κ1) is 16.8. The predicted molar refractivity (Wildman–Crippen MR) is 77.6 cm³/mol. The van der Waals surface area contributed by atoms with Gasteiger partial charge in [0.05, 0.1) is 13.2 Å².